The molecule has 0 radical (unpaired) electrons. The third-order valence-corrected chi connectivity index (χ3v) is 3.73. The van der Waals surface area contributed by atoms with Crippen molar-refractivity contribution in [3.8, 4) is 11.7 Å². The van der Waals surface area contributed by atoms with Crippen LogP contribution in [0.4, 0.5) is 4.39 Å². The summed E-state index contributed by atoms with van der Waals surface area (Å²) in [7, 11) is 1.39. The second-order valence-corrected chi connectivity index (χ2v) is 5.50. The Morgan fingerprint density at radius 2 is 2.00 bits per heavy atom. The van der Waals surface area contributed by atoms with E-state index < -0.39 is 28.7 Å². The van der Waals surface area contributed by atoms with Gasteiger partial charge in [-0.05, 0) is 24.6 Å². The van der Waals surface area contributed by atoms with E-state index in [1.54, 1.807) is 6.92 Å². The first-order chi connectivity index (χ1) is 12.4. The Morgan fingerprint density at radius 3 is 2.62 bits per heavy atom. The summed E-state index contributed by atoms with van der Waals surface area (Å²) >= 11 is 0. The van der Waals surface area contributed by atoms with Gasteiger partial charge in [0.25, 0.3) is 11.5 Å². The smallest absolute Gasteiger partial charge is 0.297 e. The summed E-state index contributed by atoms with van der Waals surface area (Å²) in [6, 6.07) is 5.55. The molecular formula is C16H15FN6O3. The van der Waals surface area contributed by atoms with Crippen LogP contribution in [0.2, 0.25) is 0 Å². The van der Waals surface area contributed by atoms with E-state index in [2.05, 4.69) is 20.4 Å². The molecule has 0 saturated carbocycles. The lowest BCUT2D eigenvalue weighted by atomic mass is 10.2. The zero-order chi connectivity index (χ0) is 18.8. The van der Waals surface area contributed by atoms with Gasteiger partial charge in [-0.15, -0.1) is 0 Å². The van der Waals surface area contributed by atoms with E-state index in [-0.39, 0.29) is 12.5 Å². The Morgan fingerprint density at radius 1 is 1.31 bits per heavy atom. The lowest BCUT2D eigenvalue weighted by Crippen LogP contribution is -2.30. The predicted octanol–water partition coefficient (Wildman–Crippen LogP) is 0.444. The van der Waals surface area contributed by atoms with Crippen LogP contribution >= 0.6 is 0 Å². The molecule has 10 heteroatoms. The summed E-state index contributed by atoms with van der Waals surface area (Å²) in [6.07, 6.45) is 1.28. The molecular weight excluding hydrogens is 343 g/mol. The minimum atomic E-state index is -0.795. The molecule has 0 fully saturated rings. The fourth-order valence-electron chi connectivity index (χ4n) is 2.29. The molecule has 1 amide bonds. The van der Waals surface area contributed by atoms with Crippen molar-refractivity contribution in [1.29, 1.82) is 0 Å². The quantitative estimate of drug-likeness (QED) is 0.699. The van der Waals surface area contributed by atoms with Crippen LogP contribution in [0, 0.1) is 12.7 Å². The summed E-state index contributed by atoms with van der Waals surface area (Å²) in [5.74, 6) is -1.42. The third kappa shape index (κ3) is 3.16. The van der Waals surface area contributed by atoms with E-state index in [4.69, 9.17) is 0 Å². The average molecular weight is 358 g/mol. The first-order valence-corrected chi connectivity index (χ1v) is 7.58. The SMILES string of the molecule is Cc1ncnn1-c1nc(C(=O)NCc2ccc(F)cc2)c(O)c(=O)n1C. The Labute approximate surface area is 146 Å². The lowest BCUT2D eigenvalue weighted by Gasteiger charge is -2.12. The summed E-state index contributed by atoms with van der Waals surface area (Å²) in [5.41, 5.74) is -0.577. The lowest BCUT2D eigenvalue weighted by molar-refractivity contribution is 0.0942. The molecule has 1 aromatic carbocycles. The minimum Gasteiger partial charge on any atom is -0.501 e. The molecule has 0 bridgehead atoms. The van der Waals surface area contributed by atoms with Gasteiger partial charge in [-0.1, -0.05) is 12.1 Å². The number of rotatable bonds is 4. The second kappa shape index (κ2) is 6.75. The largest absolute Gasteiger partial charge is 0.501 e. The van der Waals surface area contributed by atoms with Gasteiger partial charge in [-0.25, -0.2) is 14.4 Å². The number of halogens is 1. The van der Waals surface area contributed by atoms with Gasteiger partial charge in [0.2, 0.25) is 11.7 Å². The van der Waals surface area contributed by atoms with Crippen molar-refractivity contribution >= 4 is 5.91 Å². The minimum absolute atomic E-state index is 0.0368. The third-order valence-electron chi connectivity index (χ3n) is 3.73. The maximum Gasteiger partial charge on any atom is 0.297 e. The van der Waals surface area contributed by atoms with Crippen molar-refractivity contribution in [3.63, 3.8) is 0 Å². The number of aromatic hydroxyl groups is 1. The molecule has 0 saturated heterocycles. The molecule has 3 rings (SSSR count). The number of aromatic nitrogens is 5. The zero-order valence-corrected chi connectivity index (χ0v) is 14.0. The highest BCUT2D eigenvalue weighted by Crippen LogP contribution is 2.12. The Balaban J connectivity index is 1.92. The van der Waals surface area contributed by atoms with Crippen molar-refractivity contribution in [3.05, 3.63) is 63.8 Å². The van der Waals surface area contributed by atoms with Crippen LogP contribution in [0.5, 0.6) is 5.75 Å². The highest BCUT2D eigenvalue weighted by atomic mass is 19.1. The number of nitrogens with zero attached hydrogens (tertiary/aromatic N) is 5. The maximum atomic E-state index is 12.9. The first kappa shape index (κ1) is 17.3. The van der Waals surface area contributed by atoms with Crippen molar-refractivity contribution in [2.45, 2.75) is 13.5 Å². The maximum absolute atomic E-state index is 12.9. The Hall–Kier alpha value is -3.56. The van der Waals surface area contributed by atoms with Gasteiger partial charge in [-0.3, -0.25) is 14.2 Å². The highest BCUT2D eigenvalue weighted by Gasteiger charge is 2.21. The molecule has 0 spiro atoms. The molecule has 0 aliphatic heterocycles. The first-order valence-electron chi connectivity index (χ1n) is 7.58. The molecule has 2 heterocycles. The number of carbonyl (C=O) groups is 1. The molecule has 2 N–H and O–H groups in total. The number of benzene rings is 1. The standard InChI is InChI=1S/C16H15FN6O3/c1-9-19-8-20-23(9)16-21-12(13(24)15(26)22(16)2)14(25)18-7-10-3-5-11(17)6-4-10/h3-6,8,24H,7H2,1-2H3,(H,18,25). The predicted molar refractivity (Wildman–Crippen MR) is 88.4 cm³/mol. The van der Waals surface area contributed by atoms with E-state index in [0.29, 0.717) is 11.4 Å². The number of hydrogen-bond acceptors (Lipinski definition) is 6. The number of hydrogen-bond donors (Lipinski definition) is 2. The Bertz CT molecular complexity index is 1030. The zero-order valence-electron chi connectivity index (χ0n) is 14.0. The van der Waals surface area contributed by atoms with Crippen LogP contribution < -0.4 is 10.9 Å². The molecule has 0 aliphatic carbocycles. The van der Waals surface area contributed by atoms with E-state index in [0.717, 1.165) is 4.57 Å². The average Bonchev–Trinajstić information content (AvgIpc) is 3.05. The fraction of sp³-hybridized carbons (Fsp3) is 0.188. The normalized spacial score (nSPS) is 10.7. The van der Waals surface area contributed by atoms with Gasteiger partial charge >= 0.3 is 0 Å². The summed E-state index contributed by atoms with van der Waals surface area (Å²) in [5, 5.41) is 16.5. The van der Waals surface area contributed by atoms with E-state index in [1.807, 2.05) is 0 Å². The Kier molecular flexibility index (Phi) is 4.48. The number of nitrogens with one attached hydrogen (secondary N) is 1. The van der Waals surface area contributed by atoms with Crippen LogP contribution in [-0.2, 0) is 13.6 Å². The molecule has 2 aromatic heterocycles. The van der Waals surface area contributed by atoms with Crippen molar-refractivity contribution in [1.82, 2.24) is 29.6 Å². The van der Waals surface area contributed by atoms with Gasteiger partial charge in [-0.2, -0.15) is 9.78 Å². The number of amides is 1. The molecule has 0 atom stereocenters. The molecule has 134 valence electrons. The van der Waals surface area contributed by atoms with Crippen molar-refractivity contribution in [2.75, 3.05) is 0 Å². The van der Waals surface area contributed by atoms with E-state index >= 15 is 0 Å². The summed E-state index contributed by atoms with van der Waals surface area (Å²) < 4.78 is 15.3. The molecule has 26 heavy (non-hydrogen) atoms. The molecule has 0 aliphatic rings. The van der Waals surface area contributed by atoms with Gasteiger partial charge in [0, 0.05) is 13.6 Å². The highest BCUT2D eigenvalue weighted by molar-refractivity contribution is 5.94. The fourth-order valence-corrected chi connectivity index (χ4v) is 2.29. The number of carbonyl (C=O) groups excluding carboxylic acids is 1. The number of aryl methyl sites for hydroxylation is 1. The van der Waals surface area contributed by atoms with Crippen LogP contribution in [0.15, 0.2) is 35.4 Å². The van der Waals surface area contributed by atoms with Gasteiger partial charge in [0.05, 0.1) is 0 Å². The monoisotopic (exact) mass is 358 g/mol. The van der Waals surface area contributed by atoms with E-state index in [9.17, 15) is 19.1 Å². The van der Waals surface area contributed by atoms with Gasteiger partial charge in [0.15, 0.2) is 5.69 Å². The van der Waals surface area contributed by atoms with Crippen molar-refractivity contribution in [2.24, 2.45) is 7.05 Å². The molecule has 9 nitrogen and oxygen atoms in total. The van der Waals surface area contributed by atoms with Crippen LogP contribution in [-0.4, -0.2) is 35.3 Å². The topological polar surface area (TPSA) is 115 Å². The van der Waals surface area contributed by atoms with Gasteiger partial charge < -0.3 is 10.4 Å². The second-order valence-electron chi connectivity index (χ2n) is 5.50. The molecule has 3 aromatic rings. The van der Waals surface area contributed by atoms with Crippen LogP contribution in [0.1, 0.15) is 21.9 Å². The van der Waals surface area contributed by atoms with E-state index in [1.165, 1.54) is 42.3 Å². The van der Waals surface area contributed by atoms with Crippen LogP contribution in [0.25, 0.3) is 5.95 Å². The van der Waals surface area contributed by atoms with Crippen molar-refractivity contribution < 1.29 is 14.3 Å². The summed E-state index contributed by atoms with van der Waals surface area (Å²) in [6.45, 7) is 1.73. The van der Waals surface area contributed by atoms with Crippen LogP contribution in [0.3, 0.4) is 0 Å². The van der Waals surface area contributed by atoms with Gasteiger partial charge in [0.1, 0.15) is 18.0 Å². The molecule has 0 unspecified atom stereocenters. The summed E-state index contributed by atoms with van der Waals surface area (Å²) in [4.78, 5) is 32.6.